The quantitative estimate of drug-likeness (QED) is 0.820. The molecule has 1 aromatic rings. The first-order chi connectivity index (χ1) is 8.17. The molecule has 0 aliphatic heterocycles. The predicted octanol–water partition coefficient (Wildman–Crippen LogP) is 2.17. The van der Waals surface area contributed by atoms with Crippen molar-refractivity contribution in [3.8, 4) is 0 Å². The molecule has 0 aromatic heterocycles. The van der Waals surface area contributed by atoms with E-state index in [4.69, 9.17) is 0 Å². The van der Waals surface area contributed by atoms with Gasteiger partial charge in [0.2, 0.25) is 5.91 Å². The van der Waals surface area contributed by atoms with Crippen LogP contribution in [0.15, 0.2) is 24.3 Å². The first-order valence-electron chi connectivity index (χ1n) is 5.85. The fraction of sp³-hybridized carbons (Fsp3) is 0.385. The average molecular weight is 234 g/mol. The summed E-state index contributed by atoms with van der Waals surface area (Å²) >= 11 is 0. The van der Waals surface area contributed by atoms with Crippen LogP contribution >= 0.6 is 0 Å². The number of hydrogen-bond donors (Lipinski definition) is 2. The third kappa shape index (κ3) is 4.26. The van der Waals surface area contributed by atoms with Gasteiger partial charge in [-0.1, -0.05) is 19.9 Å². The minimum Gasteiger partial charge on any atom is -0.352 e. The van der Waals surface area contributed by atoms with Crippen LogP contribution in [0.25, 0.3) is 0 Å². The van der Waals surface area contributed by atoms with E-state index in [-0.39, 0.29) is 11.8 Å². The second-order valence-electron chi connectivity index (χ2n) is 3.74. The largest absolute Gasteiger partial charge is 0.352 e. The van der Waals surface area contributed by atoms with Gasteiger partial charge in [0.05, 0.1) is 0 Å². The molecule has 0 saturated heterocycles. The summed E-state index contributed by atoms with van der Waals surface area (Å²) in [6.07, 6.45) is 1.32. The maximum atomic E-state index is 11.7. The Bertz CT molecular complexity index is 402. The molecule has 0 aliphatic rings. The molecule has 2 N–H and O–H groups in total. The molecule has 0 spiro atoms. The molecule has 0 bridgehead atoms. The number of nitrogens with one attached hydrogen (secondary N) is 2. The third-order valence-corrected chi connectivity index (χ3v) is 2.27. The Kier molecular flexibility index (Phi) is 5.20. The Balaban J connectivity index is 2.71. The molecule has 0 aliphatic carbocycles. The summed E-state index contributed by atoms with van der Waals surface area (Å²) in [5.74, 6) is -0.171. The molecule has 17 heavy (non-hydrogen) atoms. The van der Waals surface area contributed by atoms with E-state index in [1.165, 1.54) is 0 Å². The molecule has 1 aromatic carbocycles. The molecule has 92 valence electrons. The lowest BCUT2D eigenvalue weighted by atomic mass is 10.2. The number of amides is 2. The van der Waals surface area contributed by atoms with Gasteiger partial charge in [-0.05, 0) is 24.6 Å². The highest BCUT2D eigenvalue weighted by Crippen LogP contribution is 2.10. The van der Waals surface area contributed by atoms with Gasteiger partial charge in [-0.15, -0.1) is 0 Å². The Morgan fingerprint density at radius 2 is 2.00 bits per heavy atom. The maximum Gasteiger partial charge on any atom is 0.251 e. The summed E-state index contributed by atoms with van der Waals surface area (Å²) in [4.78, 5) is 22.9. The van der Waals surface area contributed by atoms with E-state index in [0.29, 0.717) is 24.2 Å². The van der Waals surface area contributed by atoms with Crippen LogP contribution in [0, 0.1) is 0 Å². The van der Waals surface area contributed by atoms with Crippen LogP contribution in [0.3, 0.4) is 0 Å². The van der Waals surface area contributed by atoms with E-state index in [1.807, 2.05) is 6.92 Å². The van der Waals surface area contributed by atoms with Crippen LogP contribution in [0.4, 0.5) is 5.69 Å². The Morgan fingerprint density at radius 3 is 2.65 bits per heavy atom. The van der Waals surface area contributed by atoms with E-state index in [9.17, 15) is 9.59 Å². The minimum atomic E-state index is -0.112. The molecule has 1 rings (SSSR count). The molecule has 4 heteroatoms. The average Bonchev–Trinajstić information content (AvgIpc) is 2.36. The lowest BCUT2D eigenvalue weighted by molar-refractivity contribution is -0.115. The fourth-order valence-corrected chi connectivity index (χ4v) is 1.33. The topological polar surface area (TPSA) is 58.2 Å². The first-order valence-corrected chi connectivity index (χ1v) is 5.85. The van der Waals surface area contributed by atoms with Gasteiger partial charge in [0, 0.05) is 24.2 Å². The second-order valence-corrected chi connectivity index (χ2v) is 3.74. The molecule has 0 saturated carbocycles. The summed E-state index contributed by atoms with van der Waals surface area (Å²) < 4.78 is 0. The summed E-state index contributed by atoms with van der Waals surface area (Å²) in [7, 11) is 0. The van der Waals surface area contributed by atoms with Gasteiger partial charge in [-0.2, -0.15) is 0 Å². The van der Waals surface area contributed by atoms with Gasteiger partial charge in [-0.25, -0.2) is 0 Å². The molecular weight excluding hydrogens is 216 g/mol. The Labute approximate surface area is 101 Å². The molecule has 2 amide bonds. The number of hydrogen-bond acceptors (Lipinski definition) is 2. The Morgan fingerprint density at radius 1 is 1.24 bits per heavy atom. The lowest BCUT2D eigenvalue weighted by Crippen LogP contribution is -2.24. The highest BCUT2D eigenvalue weighted by molar-refractivity contribution is 5.97. The van der Waals surface area contributed by atoms with Crippen LogP contribution in [-0.2, 0) is 4.79 Å². The zero-order valence-corrected chi connectivity index (χ0v) is 10.2. The molecule has 0 radical (unpaired) electrons. The van der Waals surface area contributed by atoms with Gasteiger partial charge in [0.15, 0.2) is 0 Å². The smallest absolute Gasteiger partial charge is 0.251 e. The van der Waals surface area contributed by atoms with E-state index in [0.717, 1.165) is 6.42 Å². The van der Waals surface area contributed by atoms with E-state index in [1.54, 1.807) is 31.2 Å². The summed E-state index contributed by atoms with van der Waals surface area (Å²) in [6.45, 7) is 4.44. The van der Waals surface area contributed by atoms with Gasteiger partial charge in [-0.3, -0.25) is 9.59 Å². The highest BCUT2D eigenvalue weighted by Gasteiger charge is 2.06. The minimum absolute atomic E-state index is 0.0592. The molecular formula is C13H18N2O2. The Hall–Kier alpha value is -1.84. The van der Waals surface area contributed by atoms with E-state index < -0.39 is 0 Å². The van der Waals surface area contributed by atoms with Gasteiger partial charge < -0.3 is 10.6 Å². The molecule has 0 unspecified atom stereocenters. The number of carbonyl (C=O) groups excluding carboxylic acids is 2. The monoisotopic (exact) mass is 234 g/mol. The molecule has 0 fully saturated rings. The van der Waals surface area contributed by atoms with E-state index in [2.05, 4.69) is 10.6 Å². The second kappa shape index (κ2) is 6.68. The molecule has 4 nitrogen and oxygen atoms in total. The highest BCUT2D eigenvalue weighted by atomic mass is 16.2. The van der Waals surface area contributed by atoms with Crippen LogP contribution in [0.2, 0.25) is 0 Å². The standard InChI is InChI=1S/C13H18N2O2/c1-3-8-14-13(17)10-6-5-7-11(9-10)15-12(16)4-2/h5-7,9H,3-4,8H2,1-2H3,(H,14,17)(H,15,16). The number of benzene rings is 1. The van der Waals surface area contributed by atoms with Crippen molar-refractivity contribution in [1.82, 2.24) is 5.32 Å². The lowest BCUT2D eigenvalue weighted by Gasteiger charge is -2.07. The zero-order valence-electron chi connectivity index (χ0n) is 10.2. The van der Waals surface area contributed by atoms with Gasteiger partial charge in [0.1, 0.15) is 0 Å². The van der Waals surface area contributed by atoms with Crippen molar-refractivity contribution in [2.75, 3.05) is 11.9 Å². The number of rotatable bonds is 5. The summed E-state index contributed by atoms with van der Waals surface area (Å²) in [6, 6.07) is 6.93. The maximum absolute atomic E-state index is 11.7. The van der Waals surface area contributed by atoms with Crippen molar-refractivity contribution in [2.24, 2.45) is 0 Å². The summed E-state index contributed by atoms with van der Waals surface area (Å²) in [5, 5.41) is 5.52. The van der Waals surface area contributed by atoms with Crippen molar-refractivity contribution in [1.29, 1.82) is 0 Å². The molecule has 0 atom stereocenters. The van der Waals surface area contributed by atoms with Gasteiger partial charge in [0.25, 0.3) is 5.91 Å². The van der Waals surface area contributed by atoms with E-state index >= 15 is 0 Å². The van der Waals surface area contributed by atoms with Crippen molar-refractivity contribution in [3.05, 3.63) is 29.8 Å². The van der Waals surface area contributed by atoms with Crippen molar-refractivity contribution in [2.45, 2.75) is 26.7 Å². The van der Waals surface area contributed by atoms with Crippen LogP contribution in [0.1, 0.15) is 37.0 Å². The van der Waals surface area contributed by atoms with Crippen LogP contribution < -0.4 is 10.6 Å². The first kappa shape index (κ1) is 13.2. The molecule has 0 heterocycles. The predicted molar refractivity (Wildman–Crippen MR) is 68.0 cm³/mol. The van der Waals surface area contributed by atoms with Crippen LogP contribution in [-0.4, -0.2) is 18.4 Å². The third-order valence-electron chi connectivity index (χ3n) is 2.27. The summed E-state index contributed by atoms with van der Waals surface area (Å²) in [5.41, 5.74) is 1.22. The van der Waals surface area contributed by atoms with Gasteiger partial charge >= 0.3 is 0 Å². The zero-order chi connectivity index (χ0) is 12.7. The van der Waals surface area contributed by atoms with Crippen molar-refractivity contribution >= 4 is 17.5 Å². The normalized spacial score (nSPS) is 9.76. The fourth-order valence-electron chi connectivity index (χ4n) is 1.33. The number of anilines is 1. The van der Waals surface area contributed by atoms with Crippen molar-refractivity contribution in [3.63, 3.8) is 0 Å². The van der Waals surface area contributed by atoms with Crippen LogP contribution in [0.5, 0.6) is 0 Å². The SMILES string of the molecule is CCCNC(=O)c1cccc(NC(=O)CC)c1. The number of carbonyl (C=O) groups is 2. The van der Waals surface area contributed by atoms with Crippen molar-refractivity contribution < 1.29 is 9.59 Å².